The summed E-state index contributed by atoms with van der Waals surface area (Å²) in [6.45, 7) is 4.43. The zero-order valence-electron chi connectivity index (χ0n) is 13.4. The molecule has 0 saturated carbocycles. The first kappa shape index (κ1) is 15.7. The largest absolute Gasteiger partial charge is 0.365 e. The van der Waals surface area contributed by atoms with Crippen LogP contribution in [0.5, 0.6) is 0 Å². The highest BCUT2D eigenvalue weighted by molar-refractivity contribution is 6.02. The van der Waals surface area contributed by atoms with Crippen LogP contribution in [0.15, 0.2) is 47.0 Å². The number of hydrogen-bond acceptors (Lipinski definition) is 6. The fourth-order valence-corrected chi connectivity index (χ4v) is 2.17. The summed E-state index contributed by atoms with van der Waals surface area (Å²) in [4.78, 5) is 12.0. The molecule has 0 saturated heterocycles. The number of carbonyl (C=O) groups is 1. The predicted octanol–water partition coefficient (Wildman–Crippen LogP) is 2.95. The van der Waals surface area contributed by atoms with E-state index in [9.17, 15) is 4.79 Å². The lowest BCUT2D eigenvalue weighted by molar-refractivity contribution is 0.102. The third kappa shape index (κ3) is 3.95. The molecule has 0 atom stereocenters. The van der Waals surface area contributed by atoms with Crippen molar-refractivity contribution in [2.75, 3.05) is 10.6 Å². The lowest BCUT2D eigenvalue weighted by atomic mass is 10.1. The van der Waals surface area contributed by atoms with Crippen molar-refractivity contribution in [3.8, 4) is 0 Å². The number of amides is 1. The SMILES string of the molecule is Cc1cccc(CNc2ccc(C(=O)Nc3cc(C)on3)nn2)c1. The molecule has 0 radical (unpaired) electrons. The Morgan fingerprint density at radius 3 is 2.62 bits per heavy atom. The van der Waals surface area contributed by atoms with Gasteiger partial charge in [-0.2, -0.15) is 0 Å². The number of rotatable bonds is 5. The van der Waals surface area contributed by atoms with Crippen LogP contribution in [-0.4, -0.2) is 21.3 Å². The van der Waals surface area contributed by atoms with E-state index in [-0.39, 0.29) is 11.6 Å². The first-order chi connectivity index (χ1) is 11.6. The van der Waals surface area contributed by atoms with Crippen molar-refractivity contribution in [2.24, 2.45) is 0 Å². The van der Waals surface area contributed by atoms with Gasteiger partial charge in [0.15, 0.2) is 11.5 Å². The lowest BCUT2D eigenvalue weighted by Gasteiger charge is -2.06. The molecule has 7 nitrogen and oxygen atoms in total. The van der Waals surface area contributed by atoms with Crippen LogP contribution in [0.1, 0.15) is 27.4 Å². The van der Waals surface area contributed by atoms with Crippen LogP contribution in [0, 0.1) is 13.8 Å². The number of benzene rings is 1. The van der Waals surface area contributed by atoms with Gasteiger partial charge in [-0.05, 0) is 31.5 Å². The van der Waals surface area contributed by atoms with Gasteiger partial charge in [-0.25, -0.2) is 0 Å². The molecular weight excluding hydrogens is 306 g/mol. The smallest absolute Gasteiger partial charge is 0.277 e. The van der Waals surface area contributed by atoms with Crippen LogP contribution in [0.2, 0.25) is 0 Å². The van der Waals surface area contributed by atoms with Crippen molar-refractivity contribution in [3.63, 3.8) is 0 Å². The molecule has 7 heteroatoms. The minimum absolute atomic E-state index is 0.205. The number of nitrogens with one attached hydrogen (secondary N) is 2. The molecule has 0 aliphatic heterocycles. The minimum Gasteiger partial charge on any atom is -0.365 e. The summed E-state index contributed by atoms with van der Waals surface area (Å²) in [7, 11) is 0. The van der Waals surface area contributed by atoms with Gasteiger partial charge >= 0.3 is 0 Å². The topological polar surface area (TPSA) is 92.9 Å². The normalized spacial score (nSPS) is 10.4. The third-order valence-corrected chi connectivity index (χ3v) is 3.32. The second-order valence-electron chi connectivity index (χ2n) is 5.42. The van der Waals surface area contributed by atoms with E-state index in [1.165, 1.54) is 5.56 Å². The molecule has 122 valence electrons. The molecule has 0 aliphatic carbocycles. The fourth-order valence-electron chi connectivity index (χ4n) is 2.17. The Hall–Kier alpha value is -3.22. The Balaban J connectivity index is 1.59. The predicted molar refractivity (Wildman–Crippen MR) is 89.7 cm³/mol. The van der Waals surface area contributed by atoms with Gasteiger partial charge in [0.1, 0.15) is 11.6 Å². The van der Waals surface area contributed by atoms with Gasteiger partial charge in [-0.3, -0.25) is 4.79 Å². The molecule has 3 rings (SSSR count). The Labute approximate surface area is 139 Å². The van der Waals surface area contributed by atoms with Crippen molar-refractivity contribution >= 4 is 17.5 Å². The zero-order chi connectivity index (χ0) is 16.9. The number of hydrogen-bond donors (Lipinski definition) is 2. The van der Waals surface area contributed by atoms with Gasteiger partial charge in [0.2, 0.25) is 0 Å². The minimum atomic E-state index is -0.388. The van der Waals surface area contributed by atoms with Gasteiger partial charge in [-0.1, -0.05) is 35.0 Å². The molecule has 0 bridgehead atoms. The zero-order valence-corrected chi connectivity index (χ0v) is 13.4. The first-order valence-electron chi connectivity index (χ1n) is 7.48. The Morgan fingerprint density at radius 1 is 1.08 bits per heavy atom. The van der Waals surface area contributed by atoms with E-state index in [1.807, 2.05) is 25.1 Å². The summed E-state index contributed by atoms with van der Waals surface area (Å²) < 4.78 is 4.89. The average Bonchev–Trinajstić information content (AvgIpc) is 2.98. The molecule has 3 aromatic rings. The molecule has 1 aromatic carbocycles. The van der Waals surface area contributed by atoms with Crippen LogP contribution >= 0.6 is 0 Å². The average molecular weight is 323 g/mol. The second-order valence-corrected chi connectivity index (χ2v) is 5.42. The number of nitrogens with zero attached hydrogens (tertiary/aromatic N) is 3. The molecule has 0 spiro atoms. The lowest BCUT2D eigenvalue weighted by Crippen LogP contribution is -2.15. The Bertz CT molecular complexity index is 842. The summed E-state index contributed by atoms with van der Waals surface area (Å²) in [6, 6.07) is 13.1. The van der Waals surface area contributed by atoms with Crippen molar-refractivity contribution in [1.82, 2.24) is 15.4 Å². The third-order valence-electron chi connectivity index (χ3n) is 3.32. The summed E-state index contributed by atoms with van der Waals surface area (Å²) in [5.41, 5.74) is 2.56. The van der Waals surface area contributed by atoms with Crippen molar-refractivity contribution in [3.05, 3.63) is 65.0 Å². The van der Waals surface area contributed by atoms with Crippen LogP contribution in [-0.2, 0) is 6.54 Å². The van der Waals surface area contributed by atoms with Crippen LogP contribution < -0.4 is 10.6 Å². The summed E-state index contributed by atoms with van der Waals surface area (Å²) in [5.74, 6) is 1.18. The van der Waals surface area contributed by atoms with E-state index in [2.05, 4.69) is 32.1 Å². The monoisotopic (exact) mass is 323 g/mol. The van der Waals surface area contributed by atoms with Gasteiger partial charge < -0.3 is 15.2 Å². The summed E-state index contributed by atoms with van der Waals surface area (Å²) >= 11 is 0. The highest BCUT2D eigenvalue weighted by atomic mass is 16.5. The van der Waals surface area contributed by atoms with E-state index in [0.717, 1.165) is 5.56 Å². The van der Waals surface area contributed by atoms with Gasteiger partial charge in [0, 0.05) is 12.6 Å². The van der Waals surface area contributed by atoms with Gasteiger partial charge in [0.05, 0.1) is 0 Å². The van der Waals surface area contributed by atoms with E-state index in [0.29, 0.717) is 23.9 Å². The standard InChI is InChI=1S/C17H17N5O2/c1-11-4-3-5-13(8-11)10-18-15-7-6-14(20-21-15)17(23)19-16-9-12(2)24-22-16/h3-9H,10H2,1-2H3,(H,18,21)(H,19,22,23). The van der Waals surface area contributed by atoms with E-state index < -0.39 is 0 Å². The van der Waals surface area contributed by atoms with E-state index in [4.69, 9.17) is 4.52 Å². The molecule has 1 amide bonds. The van der Waals surface area contributed by atoms with Gasteiger partial charge in [-0.15, -0.1) is 10.2 Å². The number of carbonyl (C=O) groups excluding carboxylic acids is 1. The first-order valence-corrected chi connectivity index (χ1v) is 7.48. The molecule has 2 aromatic heterocycles. The molecule has 0 fully saturated rings. The van der Waals surface area contributed by atoms with Crippen molar-refractivity contribution in [2.45, 2.75) is 20.4 Å². The quantitative estimate of drug-likeness (QED) is 0.750. The maximum atomic E-state index is 12.0. The maximum absolute atomic E-state index is 12.0. The molecule has 2 heterocycles. The highest BCUT2D eigenvalue weighted by Gasteiger charge is 2.11. The molecule has 0 aliphatic rings. The summed E-state index contributed by atoms with van der Waals surface area (Å²) in [5, 5.41) is 17.4. The Morgan fingerprint density at radius 2 is 1.96 bits per heavy atom. The van der Waals surface area contributed by atoms with Crippen molar-refractivity contribution in [1.29, 1.82) is 0 Å². The van der Waals surface area contributed by atoms with Gasteiger partial charge in [0.25, 0.3) is 5.91 Å². The number of aromatic nitrogens is 3. The van der Waals surface area contributed by atoms with Crippen molar-refractivity contribution < 1.29 is 9.32 Å². The second kappa shape index (κ2) is 6.91. The molecule has 2 N–H and O–H groups in total. The van der Waals surface area contributed by atoms with Crippen LogP contribution in [0.3, 0.4) is 0 Å². The number of aryl methyl sites for hydroxylation is 2. The highest BCUT2D eigenvalue weighted by Crippen LogP contribution is 2.10. The van der Waals surface area contributed by atoms with Crippen LogP contribution in [0.25, 0.3) is 0 Å². The molecular formula is C17H17N5O2. The van der Waals surface area contributed by atoms with Crippen LogP contribution in [0.4, 0.5) is 11.6 Å². The molecule has 0 unspecified atom stereocenters. The Kier molecular flexibility index (Phi) is 4.51. The summed E-state index contributed by atoms with van der Waals surface area (Å²) in [6.07, 6.45) is 0. The number of anilines is 2. The fraction of sp³-hybridized carbons (Fsp3) is 0.176. The molecule has 24 heavy (non-hydrogen) atoms. The van der Waals surface area contributed by atoms with E-state index >= 15 is 0 Å². The maximum Gasteiger partial charge on any atom is 0.277 e. The van der Waals surface area contributed by atoms with E-state index in [1.54, 1.807) is 25.1 Å².